The van der Waals surface area contributed by atoms with E-state index in [1.165, 1.54) is 12.2 Å². The summed E-state index contributed by atoms with van der Waals surface area (Å²) in [4.78, 5) is 12.3. The lowest BCUT2D eigenvalue weighted by Crippen LogP contribution is -1.98. The highest BCUT2D eigenvalue weighted by molar-refractivity contribution is 7.59. The Morgan fingerprint density at radius 3 is 1.44 bits per heavy atom. The van der Waals surface area contributed by atoms with Gasteiger partial charge in [-0.25, -0.2) is 0 Å². The predicted molar refractivity (Wildman–Crippen MR) is 135 cm³/mol. The molecule has 5 nitrogen and oxygen atoms in total. The smallest absolute Gasteiger partial charge is 0.247 e. The molecule has 2 rings (SSSR count). The molecule has 0 N–H and O–H groups in total. The fourth-order valence-corrected chi connectivity index (χ4v) is 5.26. The minimum Gasteiger partial charge on any atom is -0.443 e. The Labute approximate surface area is 191 Å². The first-order valence-electron chi connectivity index (χ1n) is 10.9. The van der Waals surface area contributed by atoms with Crippen LogP contribution in [0.1, 0.15) is 38.8 Å². The molecule has 0 spiro atoms. The van der Waals surface area contributed by atoms with E-state index in [9.17, 15) is 13.9 Å². The molecule has 32 heavy (non-hydrogen) atoms. The Balaban J connectivity index is 2.05. The molecule has 0 radical (unpaired) electrons. The van der Waals surface area contributed by atoms with Crippen molar-refractivity contribution in [1.29, 1.82) is 0 Å². The van der Waals surface area contributed by atoms with Gasteiger partial charge in [-0.15, -0.1) is 0 Å². The third-order valence-electron chi connectivity index (χ3n) is 5.07. The maximum Gasteiger partial charge on any atom is 0.247 e. The molecule has 0 aromatic heterocycles. The van der Waals surface area contributed by atoms with E-state index in [1.807, 2.05) is 52.0 Å². The second-order valence-corrected chi connectivity index (χ2v) is 13.4. The Morgan fingerprint density at radius 2 is 1.09 bits per heavy atom. The van der Waals surface area contributed by atoms with E-state index < -0.39 is 14.7 Å². The first kappa shape index (κ1) is 25.9. The van der Waals surface area contributed by atoms with Crippen LogP contribution in [0.4, 0.5) is 0 Å². The van der Waals surface area contributed by atoms with Crippen molar-refractivity contribution in [1.82, 2.24) is 0 Å². The number of allylic oxidation sites excluding steroid dienone is 2. The normalized spacial score (nSPS) is 12.4. The topological polar surface area (TPSA) is 69.7 Å². The largest absolute Gasteiger partial charge is 0.443 e. The SMILES string of the molecule is CCP(=O)(CC)Oc1cccc(/C=C/C(=O)/C=C/c2cccc(OP(=O)(CC)CC)c2)c1. The van der Waals surface area contributed by atoms with Gasteiger partial charge >= 0.3 is 0 Å². The van der Waals surface area contributed by atoms with Gasteiger partial charge in [0.15, 0.2) is 5.78 Å². The van der Waals surface area contributed by atoms with Crippen LogP contribution in [0.15, 0.2) is 60.7 Å². The molecule has 0 saturated carbocycles. The molecule has 0 aliphatic carbocycles. The van der Waals surface area contributed by atoms with Gasteiger partial charge in [-0.3, -0.25) is 13.9 Å². The number of ketones is 1. The molecule has 0 atom stereocenters. The molecule has 0 saturated heterocycles. The van der Waals surface area contributed by atoms with Crippen LogP contribution in [0, 0.1) is 0 Å². The van der Waals surface area contributed by atoms with Crippen molar-refractivity contribution in [2.24, 2.45) is 0 Å². The number of carbonyl (C=O) groups is 1. The molecule has 0 unspecified atom stereocenters. The van der Waals surface area contributed by atoms with E-state index >= 15 is 0 Å². The third-order valence-corrected chi connectivity index (χ3v) is 10.0. The molecule has 0 heterocycles. The summed E-state index contributed by atoms with van der Waals surface area (Å²) in [5.41, 5.74) is 1.57. The maximum atomic E-state index is 12.5. The van der Waals surface area contributed by atoms with Gasteiger partial charge in [0.05, 0.1) is 0 Å². The zero-order valence-corrected chi connectivity index (χ0v) is 21.0. The summed E-state index contributed by atoms with van der Waals surface area (Å²) < 4.78 is 36.5. The second kappa shape index (κ2) is 12.0. The molecule has 2 aromatic carbocycles. The summed E-state index contributed by atoms with van der Waals surface area (Å²) in [6, 6.07) is 14.4. The molecule has 0 bridgehead atoms. The highest BCUT2D eigenvalue weighted by Crippen LogP contribution is 2.47. The average Bonchev–Trinajstić information content (AvgIpc) is 2.81. The van der Waals surface area contributed by atoms with Gasteiger partial charge in [-0.2, -0.15) is 0 Å². The third kappa shape index (κ3) is 7.97. The summed E-state index contributed by atoms with van der Waals surface area (Å²) >= 11 is 0. The van der Waals surface area contributed by atoms with Crippen LogP contribution in [0.25, 0.3) is 12.2 Å². The van der Waals surface area contributed by atoms with Crippen LogP contribution >= 0.6 is 14.7 Å². The van der Waals surface area contributed by atoms with Crippen LogP contribution in [0.2, 0.25) is 0 Å². The van der Waals surface area contributed by atoms with Crippen LogP contribution in [-0.4, -0.2) is 30.4 Å². The van der Waals surface area contributed by atoms with E-state index in [1.54, 1.807) is 36.4 Å². The molecule has 172 valence electrons. The summed E-state index contributed by atoms with van der Waals surface area (Å²) in [5, 5.41) is 0. The van der Waals surface area contributed by atoms with Crippen LogP contribution in [0.5, 0.6) is 11.5 Å². The van der Waals surface area contributed by atoms with Gasteiger partial charge in [0, 0.05) is 24.6 Å². The monoisotopic (exact) mass is 474 g/mol. The van der Waals surface area contributed by atoms with Crippen LogP contribution in [0.3, 0.4) is 0 Å². The zero-order chi connectivity index (χ0) is 23.6. The summed E-state index contributed by atoms with van der Waals surface area (Å²) in [5.74, 6) is 0.897. The summed E-state index contributed by atoms with van der Waals surface area (Å²) in [6.07, 6.45) is 8.25. The Hall–Kier alpha value is -2.35. The van der Waals surface area contributed by atoms with E-state index in [0.717, 1.165) is 11.1 Å². The van der Waals surface area contributed by atoms with Crippen molar-refractivity contribution in [2.75, 3.05) is 24.6 Å². The lowest BCUT2D eigenvalue weighted by atomic mass is 10.1. The lowest BCUT2D eigenvalue weighted by Gasteiger charge is -2.16. The van der Waals surface area contributed by atoms with Crippen molar-refractivity contribution in [2.45, 2.75) is 27.7 Å². The minimum atomic E-state index is -2.66. The molecular weight excluding hydrogens is 442 g/mol. The van der Waals surface area contributed by atoms with Gasteiger partial charge in [-0.05, 0) is 47.5 Å². The van der Waals surface area contributed by atoms with Gasteiger partial charge in [0.25, 0.3) is 0 Å². The van der Waals surface area contributed by atoms with Crippen LogP contribution in [-0.2, 0) is 13.9 Å². The molecule has 0 amide bonds. The minimum absolute atomic E-state index is 0.178. The molecule has 2 aromatic rings. The van der Waals surface area contributed by atoms with E-state index in [4.69, 9.17) is 9.05 Å². The van der Waals surface area contributed by atoms with Crippen molar-refractivity contribution >= 4 is 32.7 Å². The first-order chi connectivity index (χ1) is 15.2. The first-order valence-corrected chi connectivity index (χ1v) is 14.9. The van der Waals surface area contributed by atoms with Gasteiger partial charge in [0.1, 0.15) is 11.5 Å². The average molecular weight is 474 g/mol. The summed E-state index contributed by atoms with van der Waals surface area (Å²) in [7, 11) is -5.31. The summed E-state index contributed by atoms with van der Waals surface area (Å²) in [6.45, 7) is 7.42. The van der Waals surface area contributed by atoms with Crippen molar-refractivity contribution in [3.63, 3.8) is 0 Å². The van der Waals surface area contributed by atoms with E-state index in [2.05, 4.69) is 0 Å². The van der Waals surface area contributed by atoms with Gasteiger partial charge in [0.2, 0.25) is 14.7 Å². The number of rotatable bonds is 12. The molecule has 0 aliphatic rings. The van der Waals surface area contributed by atoms with Crippen molar-refractivity contribution in [3.05, 3.63) is 71.8 Å². The molecule has 0 fully saturated rings. The number of hydrogen-bond donors (Lipinski definition) is 0. The molecule has 7 heteroatoms. The Bertz CT molecular complexity index is 972. The van der Waals surface area contributed by atoms with Crippen molar-refractivity contribution in [3.8, 4) is 11.5 Å². The van der Waals surface area contributed by atoms with Crippen LogP contribution < -0.4 is 9.05 Å². The fraction of sp³-hybridized carbons (Fsp3) is 0.320. The van der Waals surface area contributed by atoms with E-state index in [-0.39, 0.29) is 5.78 Å². The predicted octanol–water partition coefficient (Wildman–Crippen LogP) is 7.38. The lowest BCUT2D eigenvalue weighted by molar-refractivity contribution is -0.110. The van der Waals surface area contributed by atoms with Gasteiger partial charge < -0.3 is 9.05 Å². The Kier molecular flexibility index (Phi) is 9.75. The zero-order valence-electron chi connectivity index (χ0n) is 19.2. The number of benzene rings is 2. The standard InChI is InChI=1S/C25H32O5P2/c1-5-31(27,6-2)29-24-13-9-11-21(19-24)15-17-23(26)18-16-22-12-10-14-25(20-22)30-32(28,7-3)8-4/h9-20H,5-8H2,1-4H3/b17-15+,18-16+. The highest BCUT2D eigenvalue weighted by atomic mass is 31.2. The number of hydrogen-bond acceptors (Lipinski definition) is 5. The molecular formula is C25H32O5P2. The van der Waals surface area contributed by atoms with Crippen molar-refractivity contribution < 1.29 is 23.0 Å². The molecule has 0 aliphatic heterocycles. The van der Waals surface area contributed by atoms with E-state index in [0.29, 0.717) is 36.1 Å². The Morgan fingerprint density at radius 1 is 0.719 bits per heavy atom. The fourth-order valence-electron chi connectivity index (χ4n) is 2.85. The van der Waals surface area contributed by atoms with Gasteiger partial charge in [-0.1, -0.05) is 64.1 Å². The second-order valence-electron chi connectivity index (χ2n) is 7.29. The maximum absolute atomic E-state index is 12.5. The number of carbonyl (C=O) groups excluding carboxylic acids is 1. The highest BCUT2D eigenvalue weighted by Gasteiger charge is 2.19. The quantitative estimate of drug-likeness (QED) is 0.237.